The molecule has 80 valence electrons. The van der Waals surface area contributed by atoms with Crippen molar-refractivity contribution in [1.82, 2.24) is 4.98 Å². The molecule has 1 aromatic heterocycles. The van der Waals surface area contributed by atoms with Gasteiger partial charge in [0.25, 0.3) is 0 Å². The average molecular weight is 203 g/mol. The average Bonchev–Trinajstić information content (AvgIpc) is 3.10. The summed E-state index contributed by atoms with van der Waals surface area (Å²) in [4.78, 5) is 3.99. The topological polar surface area (TPSA) is 50.9 Å². The van der Waals surface area contributed by atoms with E-state index in [9.17, 15) is 0 Å². The summed E-state index contributed by atoms with van der Waals surface area (Å²) in [7, 11) is 0. The number of pyridine rings is 1. The van der Waals surface area contributed by atoms with Crippen LogP contribution in [0.3, 0.4) is 0 Å². The van der Waals surface area contributed by atoms with Crippen LogP contribution in [-0.4, -0.2) is 11.5 Å². The molecule has 3 N–H and O–H groups in total. The standard InChI is InChI=1S/C12H17N3/c13-10-7-14-6-3-11(10)15-8-12(4-5-12)9-1-2-9/h3,6-7,9H,1-2,4-5,8,13H2,(H,14,15). The number of hydrogen-bond donors (Lipinski definition) is 2. The van der Waals surface area contributed by atoms with Gasteiger partial charge in [0.2, 0.25) is 0 Å². The molecule has 0 radical (unpaired) electrons. The summed E-state index contributed by atoms with van der Waals surface area (Å²) in [5, 5.41) is 3.47. The van der Waals surface area contributed by atoms with Crippen LogP contribution < -0.4 is 11.1 Å². The first-order chi connectivity index (χ1) is 7.30. The van der Waals surface area contributed by atoms with Crippen molar-refractivity contribution in [3.05, 3.63) is 18.5 Å². The fourth-order valence-electron chi connectivity index (χ4n) is 2.42. The van der Waals surface area contributed by atoms with Gasteiger partial charge in [-0.25, -0.2) is 0 Å². The van der Waals surface area contributed by atoms with E-state index in [4.69, 9.17) is 5.73 Å². The highest BCUT2D eigenvalue weighted by Crippen LogP contribution is 2.61. The summed E-state index contributed by atoms with van der Waals surface area (Å²) in [5.74, 6) is 0.994. The van der Waals surface area contributed by atoms with Crippen molar-refractivity contribution >= 4 is 11.4 Å². The summed E-state index contributed by atoms with van der Waals surface area (Å²) in [6, 6.07) is 1.96. The molecule has 3 rings (SSSR count). The summed E-state index contributed by atoms with van der Waals surface area (Å²) in [5.41, 5.74) is 8.25. The molecule has 15 heavy (non-hydrogen) atoms. The molecule has 0 aliphatic heterocycles. The van der Waals surface area contributed by atoms with Gasteiger partial charge in [-0.2, -0.15) is 0 Å². The Morgan fingerprint density at radius 1 is 1.47 bits per heavy atom. The highest BCUT2D eigenvalue weighted by atomic mass is 14.9. The van der Waals surface area contributed by atoms with Gasteiger partial charge >= 0.3 is 0 Å². The van der Waals surface area contributed by atoms with Crippen LogP contribution in [0.5, 0.6) is 0 Å². The molecule has 1 heterocycles. The Kier molecular flexibility index (Phi) is 1.87. The summed E-state index contributed by atoms with van der Waals surface area (Å²) >= 11 is 0. The number of anilines is 2. The van der Waals surface area contributed by atoms with E-state index in [1.165, 1.54) is 25.7 Å². The first-order valence-corrected chi connectivity index (χ1v) is 5.74. The van der Waals surface area contributed by atoms with Crippen LogP contribution in [0.2, 0.25) is 0 Å². The van der Waals surface area contributed by atoms with Crippen molar-refractivity contribution in [1.29, 1.82) is 0 Å². The summed E-state index contributed by atoms with van der Waals surface area (Å²) < 4.78 is 0. The second kappa shape index (κ2) is 3.12. The Hall–Kier alpha value is -1.25. The Balaban J connectivity index is 1.64. The summed E-state index contributed by atoms with van der Waals surface area (Å²) in [6.07, 6.45) is 9.17. The minimum Gasteiger partial charge on any atom is -0.396 e. The van der Waals surface area contributed by atoms with Gasteiger partial charge in [-0.15, -0.1) is 0 Å². The molecule has 0 bridgehead atoms. The largest absolute Gasteiger partial charge is 0.396 e. The Morgan fingerprint density at radius 2 is 2.27 bits per heavy atom. The Morgan fingerprint density at radius 3 is 2.87 bits per heavy atom. The van der Waals surface area contributed by atoms with Crippen molar-refractivity contribution < 1.29 is 0 Å². The van der Waals surface area contributed by atoms with Crippen LogP contribution in [0, 0.1) is 11.3 Å². The lowest BCUT2D eigenvalue weighted by Gasteiger charge is -2.16. The van der Waals surface area contributed by atoms with E-state index in [-0.39, 0.29) is 0 Å². The highest BCUT2D eigenvalue weighted by Gasteiger charge is 2.53. The van der Waals surface area contributed by atoms with E-state index in [1.807, 2.05) is 6.07 Å². The van der Waals surface area contributed by atoms with Gasteiger partial charge in [-0.1, -0.05) is 0 Å². The number of nitrogens with two attached hydrogens (primary N) is 1. The molecule has 0 spiro atoms. The van der Waals surface area contributed by atoms with Crippen LogP contribution in [0.4, 0.5) is 11.4 Å². The third kappa shape index (κ3) is 1.66. The maximum Gasteiger partial charge on any atom is 0.0736 e. The van der Waals surface area contributed by atoms with Crippen LogP contribution in [0.25, 0.3) is 0 Å². The zero-order valence-corrected chi connectivity index (χ0v) is 8.87. The zero-order valence-electron chi connectivity index (χ0n) is 8.87. The van der Waals surface area contributed by atoms with E-state index >= 15 is 0 Å². The monoisotopic (exact) mass is 203 g/mol. The molecule has 0 amide bonds. The zero-order chi connectivity index (χ0) is 10.3. The van der Waals surface area contributed by atoms with E-state index in [1.54, 1.807) is 12.4 Å². The molecular formula is C12H17N3. The molecule has 0 atom stereocenters. The second-order valence-corrected chi connectivity index (χ2v) is 4.95. The van der Waals surface area contributed by atoms with Gasteiger partial charge in [0, 0.05) is 12.7 Å². The lowest BCUT2D eigenvalue weighted by molar-refractivity contribution is 0.467. The van der Waals surface area contributed by atoms with Crippen molar-refractivity contribution in [3.63, 3.8) is 0 Å². The number of aromatic nitrogens is 1. The van der Waals surface area contributed by atoms with Gasteiger partial charge in [0.15, 0.2) is 0 Å². The van der Waals surface area contributed by atoms with Gasteiger partial charge in [-0.3, -0.25) is 4.98 Å². The molecule has 3 heteroatoms. The maximum absolute atomic E-state index is 5.84. The number of nitrogens with one attached hydrogen (secondary N) is 1. The molecule has 2 aliphatic rings. The van der Waals surface area contributed by atoms with Crippen molar-refractivity contribution in [2.24, 2.45) is 11.3 Å². The predicted octanol–water partition coefficient (Wildman–Crippen LogP) is 2.27. The third-order valence-corrected chi connectivity index (χ3v) is 3.82. The number of nitrogen functional groups attached to an aromatic ring is 1. The molecule has 0 saturated heterocycles. The van der Waals surface area contributed by atoms with Gasteiger partial charge < -0.3 is 11.1 Å². The van der Waals surface area contributed by atoms with Gasteiger partial charge in [0.05, 0.1) is 17.6 Å². The lowest BCUT2D eigenvalue weighted by Crippen LogP contribution is -2.18. The molecular weight excluding hydrogens is 186 g/mol. The van der Waals surface area contributed by atoms with Crippen LogP contribution in [-0.2, 0) is 0 Å². The molecule has 2 aliphatic carbocycles. The minimum absolute atomic E-state index is 0.621. The lowest BCUT2D eigenvalue weighted by atomic mass is 10.0. The first-order valence-electron chi connectivity index (χ1n) is 5.74. The molecule has 0 unspecified atom stereocenters. The van der Waals surface area contributed by atoms with Crippen LogP contribution in [0.1, 0.15) is 25.7 Å². The van der Waals surface area contributed by atoms with Gasteiger partial charge in [-0.05, 0) is 43.1 Å². The normalized spacial score (nSPS) is 22.4. The molecule has 2 fully saturated rings. The van der Waals surface area contributed by atoms with E-state index in [2.05, 4.69) is 10.3 Å². The van der Waals surface area contributed by atoms with E-state index < -0.39 is 0 Å². The van der Waals surface area contributed by atoms with Crippen molar-refractivity contribution in [2.75, 3.05) is 17.6 Å². The quantitative estimate of drug-likeness (QED) is 0.789. The molecule has 2 saturated carbocycles. The maximum atomic E-state index is 5.84. The number of nitrogens with zero attached hydrogens (tertiary/aromatic N) is 1. The minimum atomic E-state index is 0.621. The molecule has 3 nitrogen and oxygen atoms in total. The SMILES string of the molecule is Nc1cnccc1NCC1(C2CC2)CC1. The smallest absolute Gasteiger partial charge is 0.0736 e. The van der Waals surface area contributed by atoms with Crippen molar-refractivity contribution in [3.8, 4) is 0 Å². The first kappa shape index (κ1) is 9.01. The fourth-order valence-corrected chi connectivity index (χ4v) is 2.42. The summed E-state index contributed by atoms with van der Waals surface area (Å²) in [6.45, 7) is 1.09. The third-order valence-electron chi connectivity index (χ3n) is 3.82. The number of hydrogen-bond acceptors (Lipinski definition) is 3. The Labute approximate surface area is 90.1 Å². The fraction of sp³-hybridized carbons (Fsp3) is 0.583. The predicted molar refractivity (Wildman–Crippen MR) is 61.5 cm³/mol. The molecule has 0 aromatic carbocycles. The number of rotatable bonds is 4. The molecule has 1 aromatic rings. The van der Waals surface area contributed by atoms with Gasteiger partial charge in [0.1, 0.15) is 0 Å². The highest BCUT2D eigenvalue weighted by molar-refractivity contribution is 5.64. The second-order valence-electron chi connectivity index (χ2n) is 4.95. The Bertz CT molecular complexity index is 367. The van der Waals surface area contributed by atoms with E-state index in [0.717, 1.165) is 23.8 Å². The van der Waals surface area contributed by atoms with Crippen molar-refractivity contribution in [2.45, 2.75) is 25.7 Å². The van der Waals surface area contributed by atoms with Crippen LogP contribution in [0.15, 0.2) is 18.5 Å². The van der Waals surface area contributed by atoms with E-state index in [0.29, 0.717) is 5.41 Å². The van der Waals surface area contributed by atoms with Crippen LogP contribution >= 0.6 is 0 Å².